The second-order valence-electron chi connectivity index (χ2n) is 13.7. The molecule has 0 bridgehead atoms. The van der Waals surface area contributed by atoms with E-state index >= 15 is 0 Å². The zero-order valence-corrected chi connectivity index (χ0v) is 26.0. The molecule has 0 saturated heterocycles. The molecule has 0 aromatic heterocycles. The summed E-state index contributed by atoms with van der Waals surface area (Å²) < 4.78 is 0. The smallest absolute Gasteiger partial charge is 0.102 e. The molecule has 4 N–H and O–H groups in total. The molecule has 4 heteroatoms. The van der Waals surface area contributed by atoms with Crippen LogP contribution in [-0.2, 0) is 16.4 Å². The van der Waals surface area contributed by atoms with Crippen molar-refractivity contribution in [1.29, 1.82) is 0 Å². The Bertz CT molecular complexity index is 1010. The lowest BCUT2D eigenvalue weighted by atomic mass is 9.60. The highest BCUT2D eigenvalue weighted by Gasteiger charge is 2.56. The summed E-state index contributed by atoms with van der Waals surface area (Å²) in [7, 11) is 0. The standard InChI is InChI=1S/C35H56O4/c1-9-10-11-12-13-14-18-21-35(39,27-19-16-15-17-20-27)34(24-36,25-37)31(38)30-26(2)22-28(32(3,4)5)23-29(30)33(6,7)8/h15-17,19-20,22-23,31,36-39H,9-14,18,21,24-25H2,1-8H3. The van der Waals surface area contributed by atoms with Gasteiger partial charge >= 0.3 is 0 Å². The summed E-state index contributed by atoms with van der Waals surface area (Å²) in [6, 6.07) is 13.6. The van der Waals surface area contributed by atoms with E-state index in [4.69, 9.17) is 0 Å². The molecule has 0 aliphatic rings. The number of unbranched alkanes of at least 4 members (excludes halogenated alkanes) is 6. The third-order valence-electron chi connectivity index (χ3n) is 8.64. The molecule has 2 unspecified atom stereocenters. The van der Waals surface area contributed by atoms with E-state index in [0.717, 1.165) is 30.4 Å². The van der Waals surface area contributed by atoms with Crippen molar-refractivity contribution in [3.63, 3.8) is 0 Å². The van der Waals surface area contributed by atoms with Crippen LogP contribution in [0.5, 0.6) is 0 Å². The maximum absolute atomic E-state index is 12.6. The minimum atomic E-state index is -1.63. The normalized spacial score (nSPS) is 15.3. The number of aliphatic hydroxyl groups is 4. The molecule has 2 rings (SSSR count). The molecule has 2 aromatic rings. The van der Waals surface area contributed by atoms with Crippen molar-refractivity contribution in [2.24, 2.45) is 5.41 Å². The maximum atomic E-state index is 12.6. The van der Waals surface area contributed by atoms with E-state index in [1.165, 1.54) is 31.2 Å². The zero-order chi connectivity index (χ0) is 29.5. The molecule has 2 aromatic carbocycles. The topological polar surface area (TPSA) is 80.9 Å². The molecule has 2 atom stereocenters. The Morgan fingerprint density at radius 2 is 1.26 bits per heavy atom. The van der Waals surface area contributed by atoms with Crippen molar-refractivity contribution < 1.29 is 20.4 Å². The molecular weight excluding hydrogens is 484 g/mol. The summed E-state index contributed by atoms with van der Waals surface area (Å²) in [5.74, 6) is 0. The van der Waals surface area contributed by atoms with Gasteiger partial charge in [0.05, 0.1) is 24.7 Å². The van der Waals surface area contributed by atoms with Crippen LogP contribution in [0.1, 0.15) is 134 Å². The maximum Gasteiger partial charge on any atom is 0.102 e. The number of benzene rings is 2. The van der Waals surface area contributed by atoms with Gasteiger partial charge < -0.3 is 20.4 Å². The van der Waals surface area contributed by atoms with E-state index in [0.29, 0.717) is 17.5 Å². The number of rotatable bonds is 14. The van der Waals surface area contributed by atoms with Gasteiger partial charge in [0, 0.05) is 0 Å². The van der Waals surface area contributed by atoms with E-state index in [2.05, 4.69) is 60.6 Å². The zero-order valence-electron chi connectivity index (χ0n) is 26.0. The van der Waals surface area contributed by atoms with E-state index in [1.807, 2.05) is 37.3 Å². The fourth-order valence-electron chi connectivity index (χ4n) is 5.93. The Balaban J connectivity index is 2.65. The van der Waals surface area contributed by atoms with Gasteiger partial charge in [0.15, 0.2) is 0 Å². The Hall–Kier alpha value is -1.72. The SMILES string of the molecule is CCCCCCCCCC(O)(c1ccccc1)C(CO)(CO)C(O)c1c(C)cc(C(C)(C)C)cc1C(C)(C)C. The number of hydrogen-bond acceptors (Lipinski definition) is 4. The number of aliphatic hydroxyl groups excluding tert-OH is 3. The summed E-state index contributed by atoms with van der Waals surface area (Å²) in [5, 5.41) is 46.8. The van der Waals surface area contributed by atoms with Crippen molar-refractivity contribution in [2.45, 2.75) is 129 Å². The van der Waals surface area contributed by atoms with Crippen LogP contribution in [0.15, 0.2) is 42.5 Å². The third kappa shape index (κ3) is 7.52. The number of aryl methyl sites for hydroxylation is 1. The highest BCUT2D eigenvalue weighted by molar-refractivity contribution is 5.47. The van der Waals surface area contributed by atoms with Crippen LogP contribution >= 0.6 is 0 Å². The van der Waals surface area contributed by atoms with Crippen molar-refractivity contribution in [3.05, 3.63) is 70.3 Å². The first kappa shape index (κ1) is 33.5. The fourth-order valence-corrected chi connectivity index (χ4v) is 5.93. The third-order valence-corrected chi connectivity index (χ3v) is 8.64. The van der Waals surface area contributed by atoms with Crippen molar-refractivity contribution >= 4 is 0 Å². The number of hydrogen-bond donors (Lipinski definition) is 4. The molecule has 220 valence electrons. The van der Waals surface area contributed by atoms with Gasteiger partial charge in [0.25, 0.3) is 0 Å². The summed E-state index contributed by atoms with van der Waals surface area (Å²) in [6.45, 7) is 15.9. The summed E-state index contributed by atoms with van der Waals surface area (Å²) in [4.78, 5) is 0. The Labute approximate surface area is 238 Å². The Morgan fingerprint density at radius 3 is 1.74 bits per heavy atom. The molecule has 0 fully saturated rings. The molecule has 0 radical (unpaired) electrons. The van der Waals surface area contributed by atoms with Crippen LogP contribution in [0.4, 0.5) is 0 Å². The Morgan fingerprint density at radius 1 is 0.718 bits per heavy atom. The summed E-state index contributed by atoms with van der Waals surface area (Å²) >= 11 is 0. The first-order valence-corrected chi connectivity index (χ1v) is 15.0. The van der Waals surface area contributed by atoms with Gasteiger partial charge in [-0.25, -0.2) is 0 Å². The van der Waals surface area contributed by atoms with E-state index in [1.54, 1.807) is 0 Å². The van der Waals surface area contributed by atoms with Crippen LogP contribution in [0.3, 0.4) is 0 Å². The predicted octanol–water partition coefficient (Wildman–Crippen LogP) is 7.62. The minimum absolute atomic E-state index is 0.0822. The molecule has 0 saturated carbocycles. The summed E-state index contributed by atoms with van der Waals surface area (Å²) in [5.41, 5.74) is 0.710. The molecular formula is C35H56O4. The molecule has 0 heterocycles. The van der Waals surface area contributed by atoms with Crippen molar-refractivity contribution in [3.8, 4) is 0 Å². The second kappa shape index (κ2) is 13.8. The van der Waals surface area contributed by atoms with Gasteiger partial charge in [0.1, 0.15) is 5.60 Å². The van der Waals surface area contributed by atoms with Crippen LogP contribution in [0.25, 0.3) is 0 Å². The largest absolute Gasteiger partial charge is 0.395 e. The molecule has 0 spiro atoms. The van der Waals surface area contributed by atoms with E-state index in [-0.39, 0.29) is 10.8 Å². The quantitative estimate of drug-likeness (QED) is 0.186. The highest BCUT2D eigenvalue weighted by Crippen LogP contribution is 2.53. The van der Waals surface area contributed by atoms with Crippen LogP contribution in [0, 0.1) is 12.3 Å². The van der Waals surface area contributed by atoms with Crippen LogP contribution < -0.4 is 0 Å². The average Bonchev–Trinajstić information content (AvgIpc) is 2.88. The first-order chi connectivity index (χ1) is 18.2. The monoisotopic (exact) mass is 540 g/mol. The van der Waals surface area contributed by atoms with Gasteiger partial charge in [-0.2, -0.15) is 0 Å². The minimum Gasteiger partial charge on any atom is -0.395 e. The van der Waals surface area contributed by atoms with E-state index < -0.39 is 30.3 Å². The Kier molecular flexibility index (Phi) is 11.8. The molecule has 0 amide bonds. The van der Waals surface area contributed by atoms with Crippen molar-refractivity contribution in [1.82, 2.24) is 0 Å². The van der Waals surface area contributed by atoms with E-state index in [9.17, 15) is 20.4 Å². The lowest BCUT2D eigenvalue weighted by Gasteiger charge is -2.50. The molecule has 0 aliphatic heterocycles. The van der Waals surface area contributed by atoms with Crippen molar-refractivity contribution in [2.75, 3.05) is 13.2 Å². The van der Waals surface area contributed by atoms with Gasteiger partial charge in [-0.1, -0.05) is 136 Å². The van der Waals surface area contributed by atoms with Gasteiger partial charge in [0.2, 0.25) is 0 Å². The average molecular weight is 541 g/mol. The summed E-state index contributed by atoms with van der Waals surface area (Å²) in [6.07, 6.45) is 6.65. The van der Waals surface area contributed by atoms with Gasteiger partial charge in [-0.15, -0.1) is 0 Å². The first-order valence-electron chi connectivity index (χ1n) is 15.0. The predicted molar refractivity (Wildman–Crippen MR) is 163 cm³/mol. The van der Waals surface area contributed by atoms with Crippen LogP contribution in [-0.4, -0.2) is 33.6 Å². The highest BCUT2D eigenvalue weighted by atomic mass is 16.3. The fraction of sp³-hybridized carbons (Fsp3) is 0.657. The van der Waals surface area contributed by atoms with Gasteiger partial charge in [-0.05, 0) is 52.0 Å². The van der Waals surface area contributed by atoms with Crippen LogP contribution in [0.2, 0.25) is 0 Å². The second-order valence-corrected chi connectivity index (χ2v) is 13.7. The van der Waals surface area contributed by atoms with Gasteiger partial charge in [-0.3, -0.25) is 0 Å². The molecule has 0 aliphatic carbocycles. The molecule has 39 heavy (non-hydrogen) atoms. The molecule has 4 nitrogen and oxygen atoms in total. The lowest BCUT2D eigenvalue weighted by Crippen LogP contribution is -2.55. The lowest BCUT2D eigenvalue weighted by molar-refractivity contribution is -0.197.